The summed E-state index contributed by atoms with van der Waals surface area (Å²) in [7, 11) is 1.52. The first kappa shape index (κ1) is 25.4. The largest absolute Gasteiger partial charge is 0.460 e. The zero-order valence-electron chi connectivity index (χ0n) is 18.8. The molecule has 0 unspecified atom stereocenters. The lowest BCUT2D eigenvalue weighted by molar-refractivity contribution is -0.140. The molecule has 1 aliphatic heterocycles. The van der Waals surface area contributed by atoms with E-state index in [0.29, 0.717) is 38.1 Å². The summed E-state index contributed by atoms with van der Waals surface area (Å²) >= 11 is 7.26. The first-order chi connectivity index (χ1) is 16.4. The highest BCUT2D eigenvalue weighted by Crippen LogP contribution is 2.41. The molecule has 2 aromatic carbocycles. The van der Waals surface area contributed by atoms with Crippen LogP contribution in [-0.2, 0) is 19.1 Å². The summed E-state index contributed by atoms with van der Waals surface area (Å²) in [6.07, 6.45) is 0. The van der Waals surface area contributed by atoms with Crippen LogP contribution in [0.5, 0.6) is 0 Å². The molecule has 0 aromatic heterocycles. The van der Waals surface area contributed by atoms with E-state index in [4.69, 9.17) is 21.1 Å². The number of amides is 1. The second-order valence-electron chi connectivity index (χ2n) is 7.33. The molecule has 0 aliphatic carbocycles. The number of carbonyl (C=O) groups is 2. The SMILES string of the molecule is COCCOC(=O)C1=C(C)NC(SCC(=O)Nc2ccccc2)=C(C#N)[C@@H]1c1ccc(Cl)cc1. The van der Waals surface area contributed by atoms with E-state index in [1.165, 1.54) is 18.9 Å². The summed E-state index contributed by atoms with van der Waals surface area (Å²) in [6, 6.07) is 18.3. The quantitative estimate of drug-likeness (QED) is 0.385. The molecular formula is C25H24ClN3O4S. The number of hydrogen-bond donors (Lipinski definition) is 2. The Morgan fingerprint density at radius 2 is 1.85 bits per heavy atom. The zero-order chi connectivity index (χ0) is 24.5. The number of benzene rings is 2. The molecule has 0 saturated heterocycles. The topological polar surface area (TPSA) is 100 Å². The van der Waals surface area contributed by atoms with Crippen molar-refractivity contribution >= 4 is 40.9 Å². The fourth-order valence-electron chi connectivity index (χ4n) is 3.44. The molecule has 1 atom stereocenters. The van der Waals surface area contributed by atoms with Crippen LogP contribution in [0.4, 0.5) is 5.69 Å². The molecule has 9 heteroatoms. The van der Waals surface area contributed by atoms with Gasteiger partial charge in [-0.25, -0.2) is 4.79 Å². The van der Waals surface area contributed by atoms with Gasteiger partial charge in [-0.1, -0.05) is 53.7 Å². The van der Waals surface area contributed by atoms with Gasteiger partial charge in [0.1, 0.15) is 6.61 Å². The van der Waals surface area contributed by atoms with E-state index in [-0.39, 0.29) is 24.9 Å². The van der Waals surface area contributed by atoms with Crippen molar-refractivity contribution in [3.63, 3.8) is 0 Å². The van der Waals surface area contributed by atoms with Crippen molar-refractivity contribution in [2.75, 3.05) is 31.4 Å². The van der Waals surface area contributed by atoms with Gasteiger partial charge in [-0.05, 0) is 36.8 Å². The number of thioether (sulfide) groups is 1. The molecule has 1 aliphatic rings. The van der Waals surface area contributed by atoms with Gasteiger partial charge in [0.25, 0.3) is 0 Å². The fourth-order valence-corrected chi connectivity index (χ4v) is 4.46. The van der Waals surface area contributed by atoms with Gasteiger partial charge in [-0.2, -0.15) is 5.26 Å². The van der Waals surface area contributed by atoms with Crippen molar-refractivity contribution in [3.8, 4) is 6.07 Å². The Morgan fingerprint density at radius 1 is 1.15 bits per heavy atom. The number of halogens is 1. The lowest BCUT2D eigenvalue weighted by atomic mass is 9.82. The first-order valence-corrected chi connectivity index (χ1v) is 11.8. The zero-order valence-corrected chi connectivity index (χ0v) is 20.3. The molecule has 0 fully saturated rings. The van der Waals surface area contributed by atoms with Crippen LogP contribution < -0.4 is 10.6 Å². The number of esters is 1. The number of nitriles is 1. The standard InChI is InChI=1S/C25H24ClN3O4S/c1-16-22(25(31)33-13-12-32-2)23(17-8-10-18(26)11-9-17)20(14-27)24(28-16)34-15-21(30)29-19-6-4-3-5-7-19/h3-11,23,28H,12-13,15H2,1-2H3,(H,29,30)/t23-/m0/s1. The third-order valence-electron chi connectivity index (χ3n) is 5.00. The summed E-state index contributed by atoms with van der Waals surface area (Å²) in [5.74, 6) is -1.34. The Bertz CT molecular complexity index is 1140. The molecule has 0 saturated carbocycles. The van der Waals surface area contributed by atoms with Crippen LogP contribution in [-0.4, -0.2) is 38.0 Å². The molecule has 1 heterocycles. The number of nitrogens with zero attached hydrogens (tertiary/aromatic N) is 1. The number of methoxy groups -OCH3 is 1. The van der Waals surface area contributed by atoms with E-state index >= 15 is 0 Å². The molecule has 7 nitrogen and oxygen atoms in total. The minimum atomic E-state index is -0.668. The fraction of sp³-hybridized carbons (Fsp3) is 0.240. The van der Waals surface area contributed by atoms with Gasteiger partial charge in [0.05, 0.1) is 40.5 Å². The summed E-state index contributed by atoms with van der Waals surface area (Å²) in [4.78, 5) is 25.4. The number of para-hydroxylation sites is 1. The van der Waals surface area contributed by atoms with Crippen molar-refractivity contribution in [2.45, 2.75) is 12.8 Å². The number of anilines is 1. The molecule has 0 radical (unpaired) electrons. The van der Waals surface area contributed by atoms with E-state index in [0.717, 1.165) is 0 Å². The number of ether oxygens (including phenoxy) is 2. The number of rotatable bonds is 9. The van der Waals surface area contributed by atoms with Gasteiger partial charge in [0.15, 0.2) is 0 Å². The second kappa shape index (κ2) is 12.3. The second-order valence-corrected chi connectivity index (χ2v) is 8.76. The number of nitrogens with one attached hydrogen (secondary N) is 2. The Morgan fingerprint density at radius 3 is 2.50 bits per heavy atom. The Balaban J connectivity index is 1.88. The van der Waals surface area contributed by atoms with Crippen LogP contribution in [0.15, 0.2) is 76.5 Å². The van der Waals surface area contributed by atoms with Crippen molar-refractivity contribution in [3.05, 3.63) is 87.1 Å². The number of hydrogen-bond acceptors (Lipinski definition) is 7. The van der Waals surface area contributed by atoms with Gasteiger partial charge in [0.2, 0.25) is 5.91 Å². The average Bonchev–Trinajstić information content (AvgIpc) is 2.83. The van der Waals surface area contributed by atoms with Crippen LogP contribution in [0.2, 0.25) is 5.02 Å². The lowest BCUT2D eigenvalue weighted by Crippen LogP contribution is -2.29. The summed E-state index contributed by atoms with van der Waals surface area (Å²) < 4.78 is 10.3. The third-order valence-corrected chi connectivity index (χ3v) is 6.27. The van der Waals surface area contributed by atoms with Crippen molar-refractivity contribution in [2.24, 2.45) is 0 Å². The maximum Gasteiger partial charge on any atom is 0.336 e. The average molecular weight is 498 g/mol. The molecule has 3 rings (SSSR count). The predicted octanol–water partition coefficient (Wildman–Crippen LogP) is 4.60. The van der Waals surface area contributed by atoms with Gasteiger partial charge in [-0.15, -0.1) is 0 Å². The van der Waals surface area contributed by atoms with E-state index in [1.54, 1.807) is 43.3 Å². The molecule has 1 amide bonds. The van der Waals surface area contributed by atoms with E-state index in [2.05, 4.69) is 16.7 Å². The molecule has 0 spiro atoms. The van der Waals surface area contributed by atoms with Crippen LogP contribution >= 0.6 is 23.4 Å². The van der Waals surface area contributed by atoms with Crippen molar-refractivity contribution in [1.82, 2.24) is 5.32 Å². The Hall–Kier alpha value is -3.25. The third kappa shape index (κ3) is 6.41. The van der Waals surface area contributed by atoms with E-state index < -0.39 is 11.9 Å². The maximum atomic E-state index is 13.0. The molecule has 176 valence electrons. The number of dihydropyridines is 1. The van der Waals surface area contributed by atoms with Crippen molar-refractivity contribution in [1.29, 1.82) is 5.26 Å². The monoisotopic (exact) mass is 497 g/mol. The highest BCUT2D eigenvalue weighted by atomic mass is 35.5. The molecule has 34 heavy (non-hydrogen) atoms. The summed E-state index contributed by atoms with van der Waals surface area (Å²) in [6.45, 7) is 2.09. The smallest absolute Gasteiger partial charge is 0.336 e. The van der Waals surface area contributed by atoms with Gasteiger partial charge in [-0.3, -0.25) is 4.79 Å². The molecular weight excluding hydrogens is 474 g/mol. The van der Waals surface area contributed by atoms with Gasteiger partial charge >= 0.3 is 5.97 Å². The minimum Gasteiger partial charge on any atom is -0.460 e. The molecule has 0 bridgehead atoms. The normalized spacial score (nSPS) is 15.4. The number of carbonyl (C=O) groups excluding carboxylic acids is 2. The Labute approximate surface area is 207 Å². The first-order valence-electron chi connectivity index (χ1n) is 10.5. The lowest BCUT2D eigenvalue weighted by Gasteiger charge is -2.29. The Kier molecular flexibility index (Phi) is 9.16. The van der Waals surface area contributed by atoms with E-state index in [9.17, 15) is 14.9 Å². The predicted molar refractivity (Wildman–Crippen MR) is 133 cm³/mol. The van der Waals surface area contributed by atoms with Crippen molar-refractivity contribution < 1.29 is 19.1 Å². The molecule has 2 aromatic rings. The van der Waals surface area contributed by atoms with E-state index in [1.807, 2.05) is 18.2 Å². The molecule has 2 N–H and O–H groups in total. The number of allylic oxidation sites excluding steroid dienone is 2. The highest BCUT2D eigenvalue weighted by Gasteiger charge is 2.35. The van der Waals surface area contributed by atoms with Crippen LogP contribution in [0, 0.1) is 11.3 Å². The van der Waals surface area contributed by atoms with Crippen LogP contribution in [0.25, 0.3) is 0 Å². The minimum absolute atomic E-state index is 0.0800. The van der Waals surface area contributed by atoms with Crippen LogP contribution in [0.1, 0.15) is 18.4 Å². The highest BCUT2D eigenvalue weighted by molar-refractivity contribution is 8.03. The summed E-state index contributed by atoms with van der Waals surface area (Å²) in [5, 5.41) is 17.1. The summed E-state index contributed by atoms with van der Waals surface area (Å²) in [5.41, 5.74) is 2.60. The van der Waals surface area contributed by atoms with Gasteiger partial charge < -0.3 is 20.1 Å². The maximum absolute atomic E-state index is 13.0. The van der Waals surface area contributed by atoms with Crippen LogP contribution in [0.3, 0.4) is 0 Å². The van der Waals surface area contributed by atoms with Gasteiger partial charge in [0, 0.05) is 23.5 Å².